The first-order chi connectivity index (χ1) is 18.2. The maximum absolute atomic E-state index is 8.52. The van der Waals surface area contributed by atoms with Gasteiger partial charge in [-0.3, -0.25) is 0 Å². The Morgan fingerprint density at radius 2 is 0.474 bits per heavy atom. The monoisotopic (exact) mass is 594 g/mol. The molecule has 0 saturated carbocycles. The normalized spacial score (nSPS) is 11.4. The Morgan fingerprint density at radius 3 is 0.553 bits per heavy atom. The fourth-order valence-electron chi connectivity index (χ4n) is 5.29. The van der Waals surface area contributed by atoms with Crippen molar-refractivity contribution in [2.45, 2.75) is 158 Å². The van der Waals surface area contributed by atoms with Crippen molar-refractivity contribution in [3.63, 3.8) is 0 Å². The van der Waals surface area contributed by atoms with Gasteiger partial charge in [0.15, 0.2) is 0 Å². The van der Waals surface area contributed by atoms with Crippen molar-refractivity contribution in [2.75, 3.05) is 49.3 Å². The number of rotatable bonds is 24. The summed E-state index contributed by atoms with van der Waals surface area (Å²) in [5, 5.41) is 0. The van der Waals surface area contributed by atoms with Crippen LogP contribution in [0.5, 0.6) is 0 Å². The van der Waals surface area contributed by atoms with Gasteiger partial charge in [-0.05, 0) is 51.4 Å². The van der Waals surface area contributed by atoms with Crippen LogP contribution in [0, 0.1) is 0 Å². The zero-order valence-corrected chi connectivity index (χ0v) is 30.4. The van der Waals surface area contributed by atoms with Crippen molar-refractivity contribution >= 4 is 23.7 Å². The SMILES string of the molecule is CCCC[P+](CCCC)(CCCC)CCCC.CCCC[P+](CCCC)(CCCC)CCCC.O=[Si]([O-])[O-]. The van der Waals surface area contributed by atoms with Crippen LogP contribution < -0.4 is 9.59 Å². The van der Waals surface area contributed by atoms with Gasteiger partial charge in [0.2, 0.25) is 0 Å². The third kappa shape index (κ3) is 28.0. The molecule has 0 radical (unpaired) electrons. The Balaban J connectivity index is -0.000000564. The highest BCUT2D eigenvalue weighted by molar-refractivity contribution is 7.76. The average molecular weight is 595 g/mol. The first-order valence-electron chi connectivity index (χ1n) is 16.8. The summed E-state index contributed by atoms with van der Waals surface area (Å²) in [5.41, 5.74) is 0. The van der Waals surface area contributed by atoms with Crippen molar-refractivity contribution < 1.29 is 14.1 Å². The highest BCUT2D eigenvalue weighted by Gasteiger charge is 2.35. The predicted octanol–water partition coefficient (Wildman–Crippen LogP) is 9.53. The fourth-order valence-corrected chi connectivity index (χ4v) is 15.9. The summed E-state index contributed by atoms with van der Waals surface area (Å²) >= 11 is 0. The van der Waals surface area contributed by atoms with Crippen LogP contribution in [0.2, 0.25) is 0 Å². The van der Waals surface area contributed by atoms with Gasteiger partial charge in [-0.15, -0.1) is 0 Å². The van der Waals surface area contributed by atoms with Crippen LogP contribution in [0.25, 0.3) is 0 Å². The number of unbranched alkanes of at least 4 members (excludes halogenated alkanes) is 8. The van der Waals surface area contributed by atoms with Gasteiger partial charge in [0.25, 0.3) is 0 Å². The Kier molecular flexibility index (Phi) is 36.2. The molecule has 0 spiro atoms. The summed E-state index contributed by atoms with van der Waals surface area (Å²) in [4.78, 5) is 17.0. The smallest absolute Gasteiger partial charge is 0.0594 e. The molecule has 0 heterocycles. The molecule has 0 aromatic rings. The van der Waals surface area contributed by atoms with E-state index in [0.29, 0.717) is 0 Å². The fraction of sp³-hybridized carbons (Fsp3) is 1.00. The van der Waals surface area contributed by atoms with Crippen LogP contribution in [-0.4, -0.2) is 58.5 Å². The Bertz CT molecular complexity index is 363. The molecule has 0 rings (SSSR count). The van der Waals surface area contributed by atoms with Crippen molar-refractivity contribution in [2.24, 2.45) is 0 Å². The van der Waals surface area contributed by atoms with E-state index < -0.39 is 23.7 Å². The quantitative estimate of drug-likeness (QED) is 0.0826. The molecule has 38 heavy (non-hydrogen) atoms. The number of hydrogen-bond donors (Lipinski definition) is 0. The van der Waals surface area contributed by atoms with Crippen LogP contribution in [0.15, 0.2) is 0 Å². The highest BCUT2D eigenvalue weighted by Crippen LogP contribution is 2.62. The van der Waals surface area contributed by atoms with Crippen LogP contribution >= 0.6 is 14.5 Å². The van der Waals surface area contributed by atoms with Crippen molar-refractivity contribution in [1.82, 2.24) is 0 Å². The van der Waals surface area contributed by atoms with E-state index in [2.05, 4.69) is 55.4 Å². The maximum Gasteiger partial charge on any atom is 0.0594 e. The Hall–Kier alpha value is 0.477. The van der Waals surface area contributed by atoms with Gasteiger partial charge in [-0.2, -0.15) is 0 Å². The third-order valence-corrected chi connectivity index (χ3v) is 18.0. The average Bonchev–Trinajstić information content (AvgIpc) is 2.91. The molecule has 0 aliphatic heterocycles. The first kappa shape index (κ1) is 42.9. The highest BCUT2D eigenvalue weighted by atomic mass is 31.2. The second-order valence-electron chi connectivity index (χ2n) is 11.6. The van der Waals surface area contributed by atoms with Crippen LogP contribution in [-0.2, 0) is 4.46 Å². The lowest BCUT2D eigenvalue weighted by Crippen LogP contribution is -2.34. The van der Waals surface area contributed by atoms with Crippen LogP contribution in [0.1, 0.15) is 158 Å². The molecule has 3 nitrogen and oxygen atoms in total. The minimum atomic E-state index is -3.63. The van der Waals surface area contributed by atoms with Gasteiger partial charge in [0.05, 0.1) is 49.3 Å². The zero-order chi connectivity index (χ0) is 29.5. The summed E-state index contributed by atoms with van der Waals surface area (Å²) in [7, 11) is -4.75. The maximum atomic E-state index is 8.52. The van der Waals surface area contributed by atoms with E-state index in [-0.39, 0.29) is 0 Å². The van der Waals surface area contributed by atoms with Crippen LogP contribution in [0.3, 0.4) is 0 Å². The number of hydrogen-bond acceptors (Lipinski definition) is 3. The molecule has 6 heteroatoms. The molecule has 0 bridgehead atoms. The van der Waals surface area contributed by atoms with E-state index in [4.69, 9.17) is 14.1 Å². The predicted molar refractivity (Wildman–Crippen MR) is 178 cm³/mol. The second kappa shape index (κ2) is 32.0. The molecule has 0 aliphatic rings. The Labute approximate surface area is 244 Å². The summed E-state index contributed by atoms with van der Waals surface area (Å²) < 4.78 is 8.52. The molecule has 0 atom stereocenters. The van der Waals surface area contributed by atoms with Gasteiger partial charge in [0.1, 0.15) is 0 Å². The molecule has 0 aromatic heterocycles. The zero-order valence-electron chi connectivity index (χ0n) is 27.6. The summed E-state index contributed by atoms with van der Waals surface area (Å²) in [6, 6.07) is 0. The van der Waals surface area contributed by atoms with Crippen LogP contribution in [0.4, 0.5) is 0 Å². The third-order valence-electron chi connectivity index (χ3n) is 7.89. The molecular weight excluding hydrogens is 522 g/mol. The molecule has 232 valence electrons. The van der Waals surface area contributed by atoms with E-state index >= 15 is 0 Å². The van der Waals surface area contributed by atoms with Gasteiger partial charge in [-0.25, -0.2) is 0 Å². The molecule has 0 amide bonds. The summed E-state index contributed by atoms with van der Waals surface area (Å²) in [5.74, 6) is 0. The summed E-state index contributed by atoms with van der Waals surface area (Å²) in [6.45, 7) is 18.8. The lowest BCUT2D eigenvalue weighted by molar-refractivity contribution is -0.354. The lowest BCUT2D eigenvalue weighted by Gasteiger charge is -2.28. The van der Waals surface area contributed by atoms with Gasteiger partial charge < -0.3 is 14.1 Å². The van der Waals surface area contributed by atoms with Crippen molar-refractivity contribution in [3.8, 4) is 0 Å². The van der Waals surface area contributed by atoms with Crippen molar-refractivity contribution in [1.29, 1.82) is 0 Å². The molecule has 0 N–H and O–H groups in total. The van der Waals surface area contributed by atoms with Gasteiger partial charge >= 0.3 is 0 Å². The minimum Gasteiger partial charge on any atom is -0.672 e. The lowest BCUT2D eigenvalue weighted by atomic mass is 10.4. The molecular formula is C32H72O3P2Si. The molecule has 0 aliphatic carbocycles. The van der Waals surface area contributed by atoms with Gasteiger partial charge in [0, 0.05) is 23.7 Å². The molecule has 0 aromatic carbocycles. The standard InChI is InChI=1S/2C16H36P.O3Si/c2*1-5-9-13-17(14-10-6-2,15-11-7-3)16-12-8-4;1-4(2)3/h2*5-16H2,1-4H3;/q2*+1;-2. The molecule has 0 saturated heterocycles. The van der Waals surface area contributed by atoms with Gasteiger partial charge in [-0.1, -0.05) is 107 Å². The first-order valence-corrected chi connectivity index (χ1v) is 23.1. The molecule has 0 fully saturated rings. The van der Waals surface area contributed by atoms with E-state index in [1.54, 1.807) is 49.3 Å². The Morgan fingerprint density at radius 1 is 0.368 bits per heavy atom. The largest absolute Gasteiger partial charge is 0.672 e. The van der Waals surface area contributed by atoms with E-state index in [0.717, 1.165) is 0 Å². The second-order valence-corrected chi connectivity index (χ2v) is 21.0. The topological polar surface area (TPSA) is 63.2 Å². The van der Waals surface area contributed by atoms with E-state index in [9.17, 15) is 0 Å². The minimum absolute atomic E-state index is 0.562. The molecule has 0 unspecified atom stereocenters. The van der Waals surface area contributed by atoms with Crippen molar-refractivity contribution in [3.05, 3.63) is 0 Å². The van der Waals surface area contributed by atoms with E-state index in [1.807, 2.05) is 0 Å². The summed E-state index contributed by atoms with van der Waals surface area (Å²) in [6.07, 6.45) is 35.9. The van der Waals surface area contributed by atoms with E-state index in [1.165, 1.54) is 103 Å².